The molecule has 0 radical (unpaired) electrons. The van der Waals surface area contributed by atoms with Gasteiger partial charge in [-0.05, 0) is 40.5 Å². The fraction of sp³-hybridized carbons (Fsp3) is 0.200. The molecule has 4 nitrogen and oxygen atoms in total. The average molecular weight is 290 g/mol. The van der Waals surface area contributed by atoms with Crippen LogP contribution in [0.4, 0.5) is 10.1 Å². The molecule has 0 saturated heterocycles. The van der Waals surface area contributed by atoms with E-state index in [1.165, 1.54) is 12.1 Å². The first kappa shape index (κ1) is 12.6. The largest absolute Gasteiger partial charge is 0.462 e. The number of hydrogen-bond acceptors (Lipinski definition) is 3. The number of nitrogens with one attached hydrogen (secondary N) is 1. The molecule has 0 bridgehead atoms. The smallest absolute Gasteiger partial charge is 0.396 e. The highest BCUT2D eigenvalue weighted by molar-refractivity contribution is 9.10. The van der Waals surface area contributed by atoms with Gasteiger partial charge < -0.3 is 10.1 Å². The molecule has 0 spiro atoms. The molecule has 1 aromatic carbocycles. The van der Waals surface area contributed by atoms with Crippen molar-refractivity contribution in [3.05, 3.63) is 28.0 Å². The molecule has 1 rings (SSSR count). The highest BCUT2D eigenvalue weighted by Gasteiger charge is 2.15. The van der Waals surface area contributed by atoms with Gasteiger partial charge in [-0.15, -0.1) is 0 Å². The molecule has 6 heteroatoms. The van der Waals surface area contributed by atoms with E-state index in [4.69, 9.17) is 0 Å². The summed E-state index contributed by atoms with van der Waals surface area (Å²) in [5.74, 6) is -2.34. The van der Waals surface area contributed by atoms with Crippen molar-refractivity contribution < 1.29 is 18.7 Å². The van der Waals surface area contributed by atoms with Crippen molar-refractivity contribution in [2.45, 2.75) is 6.92 Å². The highest BCUT2D eigenvalue weighted by Crippen LogP contribution is 2.24. The lowest BCUT2D eigenvalue weighted by Gasteiger charge is -2.08. The Bertz CT molecular complexity index is 448. The highest BCUT2D eigenvalue weighted by atomic mass is 79.9. The van der Waals surface area contributed by atoms with Gasteiger partial charge in [0.2, 0.25) is 0 Å². The van der Waals surface area contributed by atoms with E-state index in [0.29, 0.717) is 11.3 Å². The maximum atomic E-state index is 13.1. The Kier molecular flexibility index (Phi) is 4.00. The molecule has 0 unspecified atom stereocenters. The molecule has 0 heterocycles. The van der Waals surface area contributed by atoms with E-state index in [9.17, 15) is 14.0 Å². The Morgan fingerprint density at radius 1 is 1.44 bits per heavy atom. The minimum atomic E-state index is -1.00. The standard InChI is InChI=1S/C10H9BrFNO3/c1-5-3-7(12)6(11)4-8(5)13-9(14)10(15)16-2/h3-4H,1-2H3,(H,13,14). The van der Waals surface area contributed by atoms with Gasteiger partial charge in [-0.3, -0.25) is 4.79 Å². The molecule has 0 aromatic heterocycles. The van der Waals surface area contributed by atoms with Crippen LogP contribution in [0, 0.1) is 12.7 Å². The van der Waals surface area contributed by atoms with Crippen LogP contribution >= 0.6 is 15.9 Å². The minimum Gasteiger partial charge on any atom is -0.462 e. The SMILES string of the molecule is COC(=O)C(=O)Nc1cc(Br)c(F)cc1C. The van der Waals surface area contributed by atoms with Gasteiger partial charge in [-0.25, -0.2) is 9.18 Å². The third kappa shape index (κ3) is 2.79. The second-order valence-corrected chi connectivity index (χ2v) is 3.88. The fourth-order valence-corrected chi connectivity index (χ4v) is 1.39. The van der Waals surface area contributed by atoms with Crippen LogP contribution in [0.3, 0.4) is 0 Å². The maximum absolute atomic E-state index is 13.1. The molecule has 86 valence electrons. The zero-order chi connectivity index (χ0) is 12.3. The van der Waals surface area contributed by atoms with E-state index in [1.807, 2.05) is 0 Å². The summed E-state index contributed by atoms with van der Waals surface area (Å²) in [5.41, 5.74) is 0.863. The summed E-state index contributed by atoms with van der Waals surface area (Å²) in [6.45, 7) is 1.61. The Morgan fingerprint density at radius 2 is 2.06 bits per heavy atom. The van der Waals surface area contributed by atoms with Gasteiger partial charge in [-0.1, -0.05) is 0 Å². The van der Waals surface area contributed by atoms with Crippen LogP contribution < -0.4 is 5.32 Å². The number of rotatable bonds is 1. The minimum absolute atomic E-state index is 0.207. The monoisotopic (exact) mass is 289 g/mol. The summed E-state index contributed by atoms with van der Waals surface area (Å²) >= 11 is 2.98. The van der Waals surface area contributed by atoms with Crippen LogP contribution in [0.25, 0.3) is 0 Å². The van der Waals surface area contributed by atoms with Crippen LogP contribution in [-0.2, 0) is 14.3 Å². The molecule has 1 amide bonds. The van der Waals surface area contributed by atoms with Gasteiger partial charge in [0.25, 0.3) is 0 Å². The molecule has 1 N–H and O–H groups in total. The molecule has 0 saturated carbocycles. The summed E-state index contributed by atoms with van der Waals surface area (Å²) in [7, 11) is 1.11. The molecule has 0 aliphatic carbocycles. The normalized spacial score (nSPS) is 9.75. The number of amides is 1. The van der Waals surface area contributed by atoms with Crippen molar-refractivity contribution in [2.75, 3.05) is 12.4 Å². The summed E-state index contributed by atoms with van der Waals surface area (Å²) in [5, 5.41) is 2.32. The van der Waals surface area contributed by atoms with Gasteiger partial charge >= 0.3 is 11.9 Å². The predicted molar refractivity (Wildman–Crippen MR) is 59.5 cm³/mol. The van der Waals surface area contributed by atoms with Crippen molar-refractivity contribution in [1.82, 2.24) is 0 Å². The van der Waals surface area contributed by atoms with Crippen LogP contribution in [0.15, 0.2) is 16.6 Å². The van der Waals surface area contributed by atoms with Gasteiger partial charge in [0.15, 0.2) is 0 Å². The molecule has 1 aromatic rings. The zero-order valence-electron chi connectivity index (χ0n) is 8.64. The first-order valence-corrected chi connectivity index (χ1v) is 5.10. The summed E-state index contributed by atoms with van der Waals surface area (Å²) < 4.78 is 17.5. The van der Waals surface area contributed by atoms with Crippen LogP contribution in [0.1, 0.15) is 5.56 Å². The number of methoxy groups -OCH3 is 1. The lowest BCUT2D eigenvalue weighted by atomic mass is 10.2. The van der Waals surface area contributed by atoms with E-state index < -0.39 is 17.7 Å². The van der Waals surface area contributed by atoms with Crippen molar-refractivity contribution in [3.63, 3.8) is 0 Å². The van der Waals surface area contributed by atoms with Gasteiger partial charge in [-0.2, -0.15) is 0 Å². The fourth-order valence-electron chi connectivity index (χ4n) is 1.05. The predicted octanol–water partition coefficient (Wildman–Crippen LogP) is 2.01. The Labute approximate surface area is 99.9 Å². The first-order valence-electron chi connectivity index (χ1n) is 4.30. The topological polar surface area (TPSA) is 55.4 Å². The summed E-state index contributed by atoms with van der Waals surface area (Å²) in [6, 6.07) is 2.63. The number of halogens is 2. The molecule has 0 aliphatic rings. The van der Waals surface area contributed by atoms with E-state index in [1.54, 1.807) is 6.92 Å². The third-order valence-electron chi connectivity index (χ3n) is 1.89. The van der Waals surface area contributed by atoms with E-state index in [-0.39, 0.29) is 4.47 Å². The average Bonchev–Trinajstić information content (AvgIpc) is 2.24. The second kappa shape index (κ2) is 5.07. The molecular formula is C10H9BrFNO3. The number of ether oxygens (including phenoxy) is 1. The van der Waals surface area contributed by atoms with E-state index >= 15 is 0 Å². The Morgan fingerprint density at radius 3 is 2.62 bits per heavy atom. The van der Waals surface area contributed by atoms with E-state index in [2.05, 4.69) is 26.0 Å². The van der Waals surface area contributed by atoms with Crippen LogP contribution in [0.2, 0.25) is 0 Å². The summed E-state index contributed by atoms with van der Waals surface area (Å²) in [6.07, 6.45) is 0. The number of anilines is 1. The van der Waals surface area contributed by atoms with Crippen molar-refractivity contribution in [1.29, 1.82) is 0 Å². The number of benzene rings is 1. The Hall–Kier alpha value is -1.43. The molecule has 0 atom stereocenters. The van der Waals surface area contributed by atoms with Crippen LogP contribution in [0.5, 0.6) is 0 Å². The van der Waals surface area contributed by atoms with Crippen molar-refractivity contribution >= 4 is 33.5 Å². The molecule has 0 fully saturated rings. The quantitative estimate of drug-likeness (QED) is 0.636. The first-order chi connectivity index (χ1) is 7.45. The maximum Gasteiger partial charge on any atom is 0.396 e. The van der Waals surface area contributed by atoms with Gasteiger partial charge in [0.05, 0.1) is 11.6 Å². The third-order valence-corrected chi connectivity index (χ3v) is 2.49. The second-order valence-electron chi connectivity index (χ2n) is 3.03. The molecular weight excluding hydrogens is 281 g/mol. The zero-order valence-corrected chi connectivity index (χ0v) is 10.2. The van der Waals surface area contributed by atoms with Crippen LogP contribution in [-0.4, -0.2) is 19.0 Å². The van der Waals surface area contributed by atoms with Gasteiger partial charge in [0, 0.05) is 5.69 Å². The summed E-state index contributed by atoms with van der Waals surface area (Å²) in [4.78, 5) is 22.1. The number of carbonyl (C=O) groups is 2. The Balaban J connectivity index is 2.94. The van der Waals surface area contributed by atoms with Gasteiger partial charge in [0.1, 0.15) is 5.82 Å². The number of hydrogen-bond donors (Lipinski definition) is 1. The number of carbonyl (C=O) groups excluding carboxylic acids is 2. The number of aryl methyl sites for hydroxylation is 1. The lowest BCUT2D eigenvalue weighted by molar-refractivity contribution is -0.150. The van der Waals surface area contributed by atoms with Crippen molar-refractivity contribution in [2.24, 2.45) is 0 Å². The number of esters is 1. The van der Waals surface area contributed by atoms with E-state index in [0.717, 1.165) is 7.11 Å². The molecule has 16 heavy (non-hydrogen) atoms. The lowest BCUT2D eigenvalue weighted by Crippen LogP contribution is -2.24. The molecule has 0 aliphatic heterocycles. The van der Waals surface area contributed by atoms with Crippen molar-refractivity contribution in [3.8, 4) is 0 Å².